The van der Waals surface area contributed by atoms with Crippen molar-refractivity contribution >= 4 is 0 Å². The molecule has 0 aromatic carbocycles. The molecule has 0 aliphatic rings. The zero-order valence-electron chi connectivity index (χ0n) is 9.20. The minimum absolute atomic E-state index is 0.407. The van der Waals surface area contributed by atoms with Crippen molar-refractivity contribution in [1.29, 1.82) is 5.26 Å². The summed E-state index contributed by atoms with van der Waals surface area (Å²) in [4.78, 5) is 4.28. The van der Waals surface area contributed by atoms with Crippen LogP contribution in [0.4, 0.5) is 0 Å². The lowest BCUT2D eigenvalue weighted by Gasteiger charge is -2.17. The topological polar surface area (TPSA) is 36.7 Å². The molecule has 14 heavy (non-hydrogen) atoms. The van der Waals surface area contributed by atoms with E-state index in [1.807, 2.05) is 26.0 Å². The second-order valence-electron chi connectivity index (χ2n) is 4.36. The van der Waals surface area contributed by atoms with E-state index in [1.165, 1.54) is 0 Å². The van der Waals surface area contributed by atoms with Crippen LogP contribution < -0.4 is 0 Å². The van der Waals surface area contributed by atoms with Crippen LogP contribution >= 0.6 is 0 Å². The fraction of sp³-hybridized carbons (Fsp3) is 0.500. The average molecular weight is 188 g/mol. The molecule has 0 unspecified atom stereocenters. The van der Waals surface area contributed by atoms with Crippen LogP contribution in [-0.4, -0.2) is 4.98 Å². The summed E-state index contributed by atoms with van der Waals surface area (Å²) in [6.45, 7) is 8.05. The van der Waals surface area contributed by atoms with E-state index in [0.29, 0.717) is 5.92 Å². The number of hydrogen-bond donors (Lipinski definition) is 0. The van der Waals surface area contributed by atoms with Crippen LogP contribution in [0.15, 0.2) is 18.3 Å². The quantitative estimate of drug-likeness (QED) is 0.715. The van der Waals surface area contributed by atoms with Crippen LogP contribution in [0.25, 0.3) is 0 Å². The molecule has 0 fully saturated rings. The first-order valence-corrected chi connectivity index (χ1v) is 4.85. The molecule has 1 rings (SSSR count). The van der Waals surface area contributed by atoms with Crippen molar-refractivity contribution in [2.75, 3.05) is 0 Å². The number of aromatic nitrogens is 1. The van der Waals surface area contributed by atoms with Gasteiger partial charge in [-0.05, 0) is 37.5 Å². The summed E-state index contributed by atoms with van der Waals surface area (Å²) in [7, 11) is 0. The SMILES string of the molecule is CC(C)c1cc(C(C)(C)C#N)ccn1. The molecular formula is C12H16N2. The summed E-state index contributed by atoms with van der Waals surface area (Å²) >= 11 is 0. The van der Waals surface area contributed by atoms with Crippen LogP contribution in [-0.2, 0) is 5.41 Å². The second-order valence-corrected chi connectivity index (χ2v) is 4.36. The van der Waals surface area contributed by atoms with Crippen molar-refractivity contribution in [1.82, 2.24) is 4.98 Å². The lowest BCUT2D eigenvalue weighted by atomic mass is 9.86. The molecule has 0 bridgehead atoms. The van der Waals surface area contributed by atoms with Gasteiger partial charge in [0.05, 0.1) is 11.5 Å². The standard InChI is InChI=1S/C12H16N2/c1-9(2)11-7-10(5-6-14-11)12(3,4)8-13/h5-7,9H,1-4H3. The van der Waals surface area contributed by atoms with Gasteiger partial charge >= 0.3 is 0 Å². The molecule has 0 spiro atoms. The molecule has 2 heteroatoms. The van der Waals surface area contributed by atoms with Gasteiger partial charge in [-0.15, -0.1) is 0 Å². The first-order chi connectivity index (χ1) is 6.47. The molecule has 0 N–H and O–H groups in total. The highest BCUT2D eigenvalue weighted by atomic mass is 14.7. The molecule has 74 valence electrons. The van der Waals surface area contributed by atoms with E-state index in [2.05, 4.69) is 24.9 Å². The van der Waals surface area contributed by atoms with Gasteiger partial charge in [-0.1, -0.05) is 13.8 Å². The van der Waals surface area contributed by atoms with E-state index in [4.69, 9.17) is 5.26 Å². The van der Waals surface area contributed by atoms with Gasteiger partial charge in [-0.2, -0.15) is 5.26 Å². The van der Waals surface area contributed by atoms with Gasteiger partial charge in [-0.25, -0.2) is 0 Å². The fourth-order valence-electron chi connectivity index (χ4n) is 1.22. The summed E-state index contributed by atoms with van der Waals surface area (Å²) in [5.41, 5.74) is 1.66. The maximum atomic E-state index is 9.01. The highest BCUT2D eigenvalue weighted by Gasteiger charge is 2.20. The van der Waals surface area contributed by atoms with Gasteiger partial charge in [-0.3, -0.25) is 4.98 Å². The van der Waals surface area contributed by atoms with E-state index in [9.17, 15) is 0 Å². The van der Waals surface area contributed by atoms with Crippen LogP contribution in [0.1, 0.15) is 44.9 Å². The molecule has 1 aromatic rings. The Morgan fingerprint density at radius 3 is 2.57 bits per heavy atom. The summed E-state index contributed by atoms with van der Waals surface area (Å²) < 4.78 is 0. The molecule has 0 saturated carbocycles. The first-order valence-electron chi connectivity index (χ1n) is 4.85. The van der Waals surface area contributed by atoms with E-state index in [0.717, 1.165) is 11.3 Å². The minimum Gasteiger partial charge on any atom is -0.261 e. The molecule has 2 nitrogen and oxygen atoms in total. The summed E-state index contributed by atoms with van der Waals surface area (Å²) in [6, 6.07) is 6.23. The Morgan fingerprint density at radius 2 is 2.07 bits per heavy atom. The van der Waals surface area contributed by atoms with Gasteiger partial charge in [0.1, 0.15) is 0 Å². The van der Waals surface area contributed by atoms with Crippen LogP contribution in [0.2, 0.25) is 0 Å². The van der Waals surface area contributed by atoms with Gasteiger partial charge in [0, 0.05) is 11.9 Å². The molecule has 0 aliphatic carbocycles. The number of nitriles is 1. The van der Waals surface area contributed by atoms with Gasteiger partial charge in [0.25, 0.3) is 0 Å². The monoisotopic (exact) mass is 188 g/mol. The average Bonchev–Trinajstić information content (AvgIpc) is 2.18. The van der Waals surface area contributed by atoms with Crippen molar-refractivity contribution in [3.63, 3.8) is 0 Å². The third-order valence-corrected chi connectivity index (χ3v) is 2.37. The number of nitrogens with zero attached hydrogens (tertiary/aromatic N) is 2. The fourth-order valence-corrected chi connectivity index (χ4v) is 1.22. The minimum atomic E-state index is -0.424. The Bertz CT molecular complexity index is 359. The second kappa shape index (κ2) is 3.79. The Kier molecular flexibility index (Phi) is 2.90. The van der Waals surface area contributed by atoms with Crippen LogP contribution in [0.5, 0.6) is 0 Å². The molecule has 0 aliphatic heterocycles. The highest BCUT2D eigenvalue weighted by Crippen LogP contribution is 2.24. The first kappa shape index (κ1) is 10.7. The molecule has 0 radical (unpaired) electrons. The van der Waals surface area contributed by atoms with Crippen molar-refractivity contribution < 1.29 is 0 Å². The number of pyridine rings is 1. The Morgan fingerprint density at radius 1 is 1.43 bits per heavy atom. The lowest BCUT2D eigenvalue weighted by Crippen LogP contribution is -2.14. The molecule has 0 saturated heterocycles. The molecule has 0 amide bonds. The van der Waals surface area contributed by atoms with E-state index < -0.39 is 5.41 Å². The maximum Gasteiger partial charge on any atom is 0.0767 e. The Hall–Kier alpha value is -1.36. The van der Waals surface area contributed by atoms with Gasteiger partial charge < -0.3 is 0 Å². The summed E-state index contributed by atoms with van der Waals surface area (Å²) in [6.07, 6.45) is 1.78. The summed E-state index contributed by atoms with van der Waals surface area (Å²) in [5, 5.41) is 9.01. The Labute approximate surface area is 85.6 Å². The van der Waals surface area contributed by atoms with Crippen molar-refractivity contribution in [3.8, 4) is 6.07 Å². The van der Waals surface area contributed by atoms with E-state index in [-0.39, 0.29) is 0 Å². The number of hydrogen-bond acceptors (Lipinski definition) is 2. The van der Waals surface area contributed by atoms with Crippen LogP contribution in [0.3, 0.4) is 0 Å². The third kappa shape index (κ3) is 2.11. The normalized spacial score (nSPS) is 11.4. The molecule has 0 atom stereocenters. The lowest BCUT2D eigenvalue weighted by molar-refractivity contribution is 0.679. The molecule has 1 aromatic heterocycles. The highest BCUT2D eigenvalue weighted by molar-refractivity contribution is 5.31. The predicted octanol–water partition coefficient (Wildman–Crippen LogP) is 3.01. The van der Waals surface area contributed by atoms with E-state index in [1.54, 1.807) is 6.20 Å². The molecule has 1 heterocycles. The number of rotatable bonds is 2. The zero-order chi connectivity index (χ0) is 10.8. The van der Waals surface area contributed by atoms with Crippen LogP contribution in [0, 0.1) is 11.3 Å². The maximum absolute atomic E-state index is 9.01. The summed E-state index contributed by atoms with van der Waals surface area (Å²) in [5.74, 6) is 0.407. The van der Waals surface area contributed by atoms with E-state index >= 15 is 0 Å². The van der Waals surface area contributed by atoms with Gasteiger partial charge in [0.15, 0.2) is 0 Å². The molecular weight excluding hydrogens is 172 g/mol. The zero-order valence-corrected chi connectivity index (χ0v) is 9.20. The van der Waals surface area contributed by atoms with Crippen molar-refractivity contribution in [2.24, 2.45) is 0 Å². The van der Waals surface area contributed by atoms with Crippen molar-refractivity contribution in [3.05, 3.63) is 29.6 Å². The largest absolute Gasteiger partial charge is 0.261 e. The Balaban J connectivity index is 3.14. The predicted molar refractivity (Wildman–Crippen MR) is 57.0 cm³/mol. The van der Waals surface area contributed by atoms with Gasteiger partial charge in [0.2, 0.25) is 0 Å². The third-order valence-electron chi connectivity index (χ3n) is 2.37. The smallest absolute Gasteiger partial charge is 0.0767 e. The van der Waals surface area contributed by atoms with Crippen molar-refractivity contribution in [2.45, 2.75) is 39.0 Å².